The Morgan fingerprint density at radius 3 is 2.58 bits per heavy atom. The van der Waals surface area contributed by atoms with Gasteiger partial charge in [0, 0.05) is 6.04 Å². The average molecular weight is 361 g/mol. The average Bonchev–Trinajstić information content (AvgIpc) is 2.45. The van der Waals surface area contributed by atoms with E-state index in [1.165, 1.54) is 18.2 Å². The molecule has 5 nitrogen and oxygen atoms in total. The normalized spacial score (nSPS) is 13.8. The third kappa shape index (κ3) is 7.59. The standard InChI is InChI=1S/C17H28FNO4S/c1-5-6-7-10-24(21,22)19-13(2)14-8-9-15(18)16(11-14)23-12-17(3,4)20/h8-9,11,13,19-20H,5-7,10,12H2,1-4H3/t13-/m1/s1. The van der Waals surface area contributed by atoms with Crippen molar-refractivity contribution >= 4 is 10.0 Å². The van der Waals surface area contributed by atoms with Crippen LogP contribution in [0.25, 0.3) is 0 Å². The second-order valence-electron chi connectivity index (χ2n) is 6.66. The summed E-state index contributed by atoms with van der Waals surface area (Å²) >= 11 is 0. The molecule has 1 aromatic rings. The molecule has 0 bridgehead atoms. The minimum atomic E-state index is -3.38. The maximum Gasteiger partial charge on any atom is 0.212 e. The lowest BCUT2D eigenvalue weighted by Gasteiger charge is -2.20. The molecule has 0 amide bonds. The maximum atomic E-state index is 13.8. The van der Waals surface area contributed by atoms with Gasteiger partial charge in [0.2, 0.25) is 10.0 Å². The number of ether oxygens (including phenoxy) is 1. The van der Waals surface area contributed by atoms with Gasteiger partial charge in [-0.1, -0.05) is 25.8 Å². The van der Waals surface area contributed by atoms with Crippen molar-refractivity contribution in [3.8, 4) is 5.75 Å². The molecule has 0 aliphatic rings. The van der Waals surface area contributed by atoms with Crippen molar-refractivity contribution in [1.29, 1.82) is 0 Å². The summed E-state index contributed by atoms with van der Waals surface area (Å²) in [5.74, 6) is -0.485. The van der Waals surface area contributed by atoms with Crippen molar-refractivity contribution < 1.29 is 22.7 Å². The summed E-state index contributed by atoms with van der Waals surface area (Å²) in [5, 5.41) is 9.66. The fourth-order valence-electron chi connectivity index (χ4n) is 2.09. The number of halogens is 1. The van der Waals surface area contributed by atoms with Crippen molar-refractivity contribution in [2.24, 2.45) is 0 Å². The van der Waals surface area contributed by atoms with E-state index in [1.54, 1.807) is 20.8 Å². The highest BCUT2D eigenvalue weighted by Crippen LogP contribution is 2.24. The number of rotatable bonds is 10. The lowest BCUT2D eigenvalue weighted by molar-refractivity contribution is 0.0271. The lowest BCUT2D eigenvalue weighted by atomic mass is 10.1. The van der Waals surface area contributed by atoms with Crippen LogP contribution in [0.2, 0.25) is 0 Å². The quantitative estimate of drug-likeness (QED) is 0.628. The van der Waals surface area contributed by atoms with E-state index in [-0.39, 0.29) is 18.1 Å². The molecule has 1 aromatic carbocycles. The van der Waals surface area contributed by atoms with Crippen LogP contribution in [0.5, 0.6) is 5.75 Å². The Morgan fingerprint density at radius 2 is 2.00 bits per heavy atom. The van der Waals surface area contributed by atoms with Gasteiger partial charge in [0.15, 0.2) is 11.6 Å². The third-order valence-corrected chi connectivity index (χ3v) is 4.95. The molecule has 0 unspecified atom stereocenters. The summed E-state index contributed by atoms with van der Waals surface area (Å²) < 4.78 is 45.8. The number of hydrogen-bond donors (Lipinski definition) is 2. The monoisotopic (exact) mass is 361 g/mol. The zero-order valence-corrected chi connectivity index (χ0v) is 15.6. The Morgan fingerprint density at radius 1 is 1.33 bits per heavy atom. The maximum absolute atomic E-state index is 13.8. The molecule has 2 N–H and O–H groups in total. The number of unbranched alkanes of at least 4 members (excludes halogenated alkanes) is 2. The summed E-state index contributed by atoms with van der Waals surface area (Å²) in [4.78, 5) is 0. The summed E-state index contributed by atoms with van der Waals surface area (Å²) in [6.45, 7) is 6.76. The summed E-state index contributed by atoms with van der Waals surface area (Å²) in [5.41, 5.74) is -0.490. The first-order valence-electron chi connectivity index (χ1n) is 8.18. The first kappa shape index (κ1) is 20.9. The Hall–Kier alpha value is -1.18. The molecule has 24 heavy (non-hydrogen) atoms. The molecule has 0 aliphatic carbocycles. The van der Waals surface area contributed by atoms with E-state index in [1.807, 2.05) is 6.92 Å². The fraction of sp³-hybridized carbons (Fsp3) is 0.647. The molecule has 138 valence electrons. The van der Waals surface area contributed by atoms with Crippen LogP contribution in [0, 0.1) is 5.82 Å². The third-order valence-electron chi connectivity index (χ3n) is 3.41. The zero-order chi connectivity index (χ0) is 18.4. The summed E-state index contributed by atoms with van der Waals surface area (Å²) in [6.07, 6.45) is 2.42. The van der Waals surface area contributed by atoms with Gasteiger partial charge in [0.1, 0.15) is 6.61 Å². The predicted octanol–water partition coefficient (Wildman–Crippen LogP) is 3.15. The lowest BCUT2D eigenvalue weighted by Crippen LogP contribution is -2.29. The number of benzene rings is 1. The Kier molecular flexibility index (Phi) is 7.63. The van der Waals surface area contributed by atoms with Crippen molar-refractivity contribution in [2.45, 2.75) is 58.6 Å². The van der Waals surface area contributed by atoms with Crippen molar-refractivity contribution in [1.82, 2.24) is 4.72 Å². The smallest absolute Gasteiger partial charge is 0.212 e. The molecule has 0 radical (unpaired) electrons. The van der Waals surface area contributed by atoms with Gasteiger partial charge in [0.25, 0.3) is 0 Å². The molecular weight excluding hydrogens is 333 g/mol. The minimum absolute atomic E-state index is 0.00773. The number of aliphatic hydroxyl groups is 1. The molecule has 0 aliphatic heterocycles. The topological polar surface area (TPSA) is 75.6 Å². The van der Waals surface area contributed by atoms with Gasteiger partial charge >= 0.3 is 0 Å². The van der Waals surface area contributed by atoms with Crippen LogP contribution < -0.4 is 9.46 Å². The Bertz CT molecular complexity index is 626. The SMILES string of the molecule is CCCCCS(=O)(=O)N[C@H](C)c1ccc(F)c(OCC(C)(C)O)c1. The van der Waals surface area contributed by atoms with E-state index in [2.05, 4.69) is 4.72 Å². The van der Waals surface area contributed by atoms with Crippen LogP contribution in [0.1, 0.15) is 58.6 Å². The summed E-state index contributed by atoms with van der Waals surface area (Å²) in [6, 6.07) is 3.71. The van der Waals surface area contributed by atoms with Crippen LogP contribution in [0.3, 0.4) is 0 Å². The van der Waals surface area contributed by atoms with E-state index in [0.29, 0.717) is 12.0 Å². The van der Waals surface area contributed by atoms with E-state index < -0.39 is 27.5 Å². The highest BCUT2D eigenvalue weighted by molar-refractivity contribution is 7.89. The van der Waals surface area contributed by atoms with Crippen molar-refractivity contribution in [2.75, 3.05) is 12.4 Å². The van der Waals surface area contributed by atoms with Gasteiger partial charge in [-0.15, -0.1) is 0 Å². The number of nitrogens with one attached hydrogen (secondary N) is 1. The van der Waals surface area contributed by atoms with Gasteiger partial charge in [-0.3, -0.25) is 0 Å². The van der Waals surface area contributed by atoms with E-state index in [0.717, 1.165) is 12.8 Å². The molecule has 0 saturated carbocycles. The number of hydrogen-bond acceptors (Lipinski definition) is 4. The number of sulfonamides is 1. The molecule has 0 saturated heterocycles. The summed E-state index contributed by atoms with van der Waals surface area (Å²) in [7, 11) is -3.38. The minimum Gasteiger partial charge on any atom is -0.488 e. The molecule has 0 spiro atoms. The van der Waals surface area contributed by atoms with Crippen LogP contribution in [0.4, 0.5) is 4.39 Å². The van der Waals surface area contributed by atoms with Crippen molar-refractivity contribution in [3.63, 3.8) is 0 Å². The van der Waals surface area contributed by atoms with E-state index >= 15 is 0 Å². The van der Waals surface area contributed by atoms with Gasteiger partial charge in [-0.2, -0.15) is 0 Å². The Balaban J connectivity index is 2.78. The highest BCUT2D eigenvalue weighted by atomic mass is 32.2. The van der Waals surface area contributed by atoms with E-state index in [9.17, 15) is 17.9 Å². The van der Waals surface area contributed by atoms with Gasteiger partial charge in [-0.25, -0.2) is 17.5 Å². The molecular formula is C17H28FNO4S. The molecule has 1 rings (SSSR count). The van der Waals surface area contributed by atoms with Gasteiger partial charge in [-0.05, 0) is 44.9 Å². The molecule has 1 atom stereocenters. The van der Waals surface area contributed by atoms with Crippen LogP contribution in [0.15, 0.2) is 18.2 Å². The molecule has 0 aromatic heterocycles. The van der Waals surface area contributed by atoms with E-state index in [4.69, 9.17) is 4.74 Å². The van der Waals surface area contributed by atoms with Gasteiger partial charge in [0.05, 0.1) is 11.4 Å². The molecule has 0 fully saturated rings. The van der Waals surface area contributed by atoms with Crippen molar-refractivity contribution in [3.05, 3.63) is 29.6 Å². The van der Waals surface area contributed by atoms with Crippen LogP contribution >= 0.6 is 0 Å². The molecule has 0 heterocycles. The zero-order valence-electron chi connectivity index (χ0n) is 14.8. The first-order valence-corrected chi connectivity index (χ1v) is 9.84. The molecule has 7 heteroatoms. The second kappa shape index (κ2) is 8.78. The van der Waals surface area contributed by atoms with Crippen LogP contribution in [-0.4, -0.2) is 31.5 Å². The first-order chi connectivity index (χ1) is 11.0. The fourth-order valence-corrected chi connectivity index (χ4v) is 3.47. The van der Waals surface area contributed by atoms with Gasteiger partial charge < -0.3 is 9.84 Å². The highest BCUT2D eigenvalue weighted by Gasteiger charge is 2.19. The Labute approximate surface area is 144 Å². The largest absolute Gasteiger partial charge is 0.488 e. The second-order valence-corrected chi connectivity index (χ2v) is 8.53. The predicted molar refractivity (Wildman–Crippen MR) is 93.1 cm³/mol. The van der Waals surface area contributed by atoms with Crippen LogP contribution in [-0.2, 0) is 10.0 Å².